The Bertz CT molecular complexity index is 560. The molecular formula is C13H18N4O. The Morgan fingerprint density at radius 1 is 1.33 bits per heavy atom. The summed E-state index contributed by atoms with van der Waals surface area (Å²) < 4.78 is 7.04. The van der Waals surface area contributed by atoms with E-state index in [2.05, 4.69) is 10.3 Å². The van der Waals surface area contributed by atoms with Gasteiger partial charge in [-0.15, -0.1) is 5.10 Å². The summed E-state index contributed by atoms with van der Waals surface area (Å²) >= 11 is 0. The highest BCUT2D eigenvalue weighted by Crippen LogP contribution is 2.22. The third kappa shape index (κ3) is 2.09. The number of hydrogen-bond donors (Lipinski definition) is 1. The molecule has 2 aromatic rings. The van der Waals surface area contributed by atoms with Gasteiger partial charge in [-0.05, 0) is 44.5 Å². The molecular weight excluding hydrogens is 228 g/mol. The van der Waals surface area contributed by atoms with Crippen molar-refractivity contribution in [2.24, 2.45) is 5.73 Å². The van der Waals surface area contributed by atoms with Crippen LogP contribution in [-0.4, -0.2) is 22.1 Å². The fourth-order valence-corrected chi connectivity index (χ4v) is 2.00. The first-order valence-electron chi connectivity index (χ1n) is 5.87. The Balaban J connectivity index is 2.46. The molecule has 0 spiro atoms. The summed E-state index contributed by atoms with van der Waals surface area (Å²) in [5, 5.41) is 8.27. The lowest BCUT2D eigenvalue weighted by molar-refractivity contribution is 0.411. The first-order valence-corrected chi connectivity index (χ1v) is 5.87. The SMILES string of the molecule is COc1ccc(-n2nnc(C(C)N)c2C)cc1C. The van der Waals surface area contributed by atoms with Crippen LogP contribution in [0, 0.1) is 13.8 Å². The number of aromatic nitrogens is 3. The summed E-state index contributed by atoms with van der Waals surface area (Å²) in [6.45, 7) is 5.87. The van der Waals surface area contributed by atoms with Crippen molar-refractivity contribution in [1.29, 1.82) is 0 Å². The van der Waals surface area contributed by atoms with E-state index in [0.717, 1.165) is 28.4 Å². The van der Waals surface area contributed by atoms with Crippen molar-refractivity contribution in [3.63, 3.8) is 0 Å². The van der Waals surface area contributed by atoms with Gasteiger partial charge in [0.05, 0.1) is 18.5 Å². The van der Waals surface area contributed by atoms with Gasteiger partial charge in [-0.2, -0.15) is 0 Å². The third-order valence-electron chi connectivity index (χ3n) is 2.98. The van der Waals surface area contributed by atoms with Crippen LogP contribution in [0.3, 0.4) is 0 Å². The quantitative estimate of drug-likeness (QED) is 0.898. The molecule has 5 nitrogen and oxygen atoms in total. The molecule has 0 amide bonds. The fourth-order valence-electron chi connectivity index (χ4n) is 2.00. The summed E-state index contributed by atoms with van der Waals surface area (Å²) in [7, 11) is 1.66. The van der Waals surface area contributed by atoms with Gasteiger partial charge in [0.15, 0.2) is 0 Å². The van der Waals surface area contributed by atoms with Gasteiger partial charge in [-0.1, -0.05) is 5.21 Å². The second kappa shape index (κ2) is 4.78. The first-order chi connectivity index (χ1) is 8.54. The Hall–Kier alpha value is -1.88. The van der Waals surface area contributed by atoms with Gasteiger partial charge in [0.2, 0.25) is 0 Å². The Kier molecular flexibility index (Phi) is 3.34. The van der Waals surface area contributed by atoms with E-state index in [0.29, 0.717) is 0 Å². The minimum Gasteiger partial charge on any atom is -0.496 e. The lowest BCUT2D eigenvalue weighted by Crippen LogP contribution is -2.08. The topological polar surface area (TPSA) is 66.0 Å². The number of benzene rings is 1. The fraction of sp³-hybridized carbons (Fsp3) is 0.385. The summed E-state index contributed by atoms with van der Waals surface area (Å²) in [5.41, 5.74) is 9.66. The molecule has 1 heterocycles. The molecule has 0 fully saturated rings. The van der Waals surface area contributed by atoms with Crippen molar-refractivity contribution in [2.45, 2.75) is 26.8 Å². The number of ether oxygens (including phenoxy) is 1. The average Bonchev–Trinajstić information content (AvgIpc) is 2.71. The monoisotopic (exact) mass is 246 g/mol. The van der Waals surface area contributed by atoms with Gasteiger partial charge in [0.25, 0.3) is 0 Å². The van der Waals surface area contributed by atoms with Gasteiger partial charge in [-0.25, -0.2) is 4.68 Å². The Morgan fingerprint density at radius 3 is 2.56 bits per heavy atom. The molecule has 0 aliphatic heterocycles. The van der Waals surface area contributed by atoms with Crippen molar-refractivity contribution >= 4 is 0 Å². The van der Waals surface area contributed by atoms with Crippen LogP contribution in [0.15, 0.2) is 18.2 Å². The van der Waals surface area contributed by atoms with Gasteiger partial charge in [-0.3, -0.25) is 0 Å². The van der Waals surface area contributed by atoms with E-state index in [4.69, 9.17) is 10.5 Å². The van der Waals surface area contributed by atoms with Gasteiger partial charge < -0.3 is 10.5 Å². The van der Waals surface area contributed by atoms with Gasteiger partial charge in [0.1, 0.15) is 11.4 Å². The maximum Gasteiger partial charge on any atom is 0.121 e. The number of methoxy groups -OCH3 is 1. The summed E-state index contributed by atoms with van der Waals surface area (Å²) in [4.78, 5) is 0. The molecule has 0 aliphatic rings. The third-order valence-corrected chi connectivity index (χ3v) is 2.98. The molecule has 5 heteroatoms. The normalized spacial score (nSPS) is 12.5. The molecule has 0 saturated heterocycles. The molecule has 0 radical (unpaired) electrons. The minimum absolute atomic E-state index is 0.113. The number of hydrogen-bond acceptors (Lipinski definition) is 4. The molecule has 18 heavy (non-hydrogen) atoms. The summed E-state index contributed by atoms with van der Waals surface area (Å²) in [6.07, 6.45) is 0. The zero-order chi connectivity index (χ0) is 13.3. The summed E-state index contributed by atoms with van der Waals surface area (Å²) in [5.74, 6) is 0.865. The van der Waals surface area contributed by atoms with E-state index >= 15 is 0 Å². The van der Waals surface area contributed by atoms with Crippen LogP contribution in [0.25, 0.3) is 5.69 Å². The number of nitrogens with two attached hydrogens (primary N) is 1. The zero-order valence-corrected chi connectivity index (χ0v) is 11.1. The maximum absolute atomic E-state index is 5.85. The molecule has 2 N–H and O–H groups in total. The molecule has 0 saturated carbocycles. The van der Waals surface area contributed by atoms with Crippen LogP contribution < -0.4 is 10.5 Å². The molecule has 1 unspecified atom stereocenters. The van der Waals surface area contributed by atoms with Gasteiger partial charge in [0, 0.05) is 6.04 Å². The van der Waals surface area contributed by atoms with E-state index in [1.807, 2.05) is 39.0 Å². The predicted octanol–water partition coefficient (Wildman–Crippen LogP) is 1.91. The number of rotatable bonds is 3. The Labute approximate surface area is 107 Å². The van der Waals surface area contributed by atoms with Crippen molar-refractivity contribution in [1.82, 2.24) is 15.0 Å². The van der Waals surface area contributed by atoms with E-state index in [1.165, 1.54) is 0 Å². The van der Waals surface area contributed by atoms with Crippen LogP contribution in [0.2, 0.25) is 0 Å². The lowest BCUT2D eigenvalue weighted by Gasteiger charge is -2.09. The van der Waals surface area contributed by atoms with Crippen LogP contribution >= 0.6 is 0 Å². The molecule has 0 bridgehead atoms. The highest BCUT2D eigenvalue weighted by atomic mass is 16.5. The maximum atomic E-state index is 5.85. The van der Waals surface area contributed by atoms with E-state index in [-0.39, 0.29) is 6.04 Å². The Morgan fingerprint density at radius 2 is 2.06 bits per heavy atom. The molecule has 1 aromatic carbocycles. The van der Waals surface area contributed by atoms with E-state index < -0.39 is 0 Å². The minimum atomic E-state index is -0.113. The molecule has 1 aromatic heterocycles. The second-order valence-electron chi connectivity index (χ2n) is 4.41. The lowest BCUT2D eigenvalue weighted by atomic mass is 10.2. The molecule has 2 rings (SSSR count). The molecule has 96 valence electrons. The van der Waals surface area contributed by atoms with Crippen molar-refractivity contribution in [3.05, 3.63) is 35.2 Å². The van der Waals surface area contributed by atoms with Crippen LogP contribution in [0.4, 0.5) is 0 Å². The van der Waals surface area contributed by atoms with E-state index in [9.17, 15) is 0 Å². The van der Waals surface area contributed by atoms with Crippen molar-refractivity contribution < 1.29 is 4.74 Å². The molecule has 0 aliphatic carbocycles. The van der Waals surface area contributed by atoms with Crippen molar-refractivity contribution in [2.75, 3.05) is 7.11 Å². The van der Waals surface area contributed by atoms with Crippen LogP contribution in [0.5, 0.6) is 5.75 Å². The second-order valence-corrected chi connectivity index (χ2v) is 4.41. The highest BCUT2D eigenvalue weighted by Gasteiger charge is 2.13. The molecule has 1 atom stereocenters. The van der Waals surface area contributed by atoms with Crippen LogP contribution in [0.1, 0.15) is 29.9 Å². The van der Waals surface area contributed by atoms with Crippen LogP contribution in [-0.2, 0) is 0 Å². The largest absolute Gasteiger partial charge is 0.496 e. The van der Waals surface area contributed by atoms with Crippen molar-refractivity contribution in [3.8, 4) is 11.4 Å². The standard InChI is InChI=1S/C13H18N4O/c1-8-7-11(5-6-12(8)18-4)17-10(3)13(9(2)14)15-16-17/h5-7,9H,14H2,1-4H3. The highest BCUT2D eigenvalue weighted by molar-refractivity contribution is 5.44. The zero-order valence-electron chi connectivity index (χ0n) is 11.1. The number of aryl methyl sites for hydroxylation is 1. The summed E-state index contributed by atoms with van der Waals surface area (Å²) in [6, 6.07) is 5.79. The average molecular weight is 246 g/mol. The smallest absolute Gasteiger partial charge is 0.121 e. The number of nitrogens with zero attached hydrogens (tertiary/aromatic N) is 3. The first kappa shape index (κ1) is 12.6. The van der Waals surface area contributed by atoms with Gasteiger partial charge >= 0.3 is 0 Å². The van der Waals surface area contributed by atoms with E-state index in [1.54, 1.807) is 11.8 Å². The predicted molar refractivity (Wildman–Crippen MR) is 70.0 cm³/mol.